The first kappa shape index (κ1) is 17.3. The largest absolute Gasteiger partial charge is 0.480 e. The highest BCUT2D eigenvalue weighted by atomic mass is 35.5. The Hall–Kier alpha value is -1.79. The maximum absolute atomic E-state index is 12.1. The topological polar surface area (TPSA) is 78.9 Å². The summed E-state index contributed by atoms with van der Waals surface area (Å²) in [5.41, 5.74) is 0.461. The third-order valence-electron chi connectivity index (χ3n) is 2.67. The van der Waals surface area contributed by atoms with Crippen molar-refractivity contribution in [2.45, 2.75) is 20.0 Å². The number of anilines is 1. The van der Waals surface area contributed by atoms with Gasteiger partial charge < -0.3 is 15.2 Å². The van der Waals surface area contributed by atoms with E-state index in [4.69, 9.17) is 21.4 Å². The number of rotatable bonds is 7. The number of nitrogens with one attached hydrogen (secondary N) is 1. The molecule has 0 aliphatic heterocycles. The summed E-state index contributed by atoms with van der Waals surface area (Å²) in [5.74, 6) is -1.10. The molecule has 1 unspecified atom stereocenters. The van der Waals surface area contributed by atoms with Crippen molar-refractivity contribution in [2.75, 3.05) is 24.6 Å². The van der Waals surface area contributed by atoms with Crippen LogP contribution in [0.4, 0.5) is 10.5 Å². The van der Waals surface area contributed by atoms with Crippen molar-refractivity contribution in [3.63, 3.8) is 0 Å². The van der Waals surface area contributed by atoms with Gasteiger partial charge >= 0.3 is 12.0 Å². The van der Waals surface area contributed by atoms with E-state index in [2.05, 4.69) is 5.32 Å². The average molecular weight is 315 g/mol. The van der Waals surface area contributed by atoms with Crippen LogP contribution in [0.2, 0.25) is 5.02 Å². The van der Waals surface area contributed by atoms with Crippen LogP contribution in [-0.4, -0.2) is 42.9 Å². The summed E-state index contributed by atoms with van der Waals surface area (Å²) >= 11 is 5.79. The number of carbonyl (C=O) groups is 2. The van der Waals surface area contributed by atoms with Crippen molar-refractivity contribution in [2.24, 2.45) is 0 Å². The Morgan fingerprint density at radius 2 is 2.00 bits per heavy atom. The van der Waals surface area contributed by atoms with Crippen LogP contribution in [0, 0.1) is 0 Å². The summed E-state index contributed by atoms with van der Waals surface area (Å²) in [6, 6.07) is 5.89. The minimum absolute atomic E-state index is 0.143. The monoisotopic (exact) mass is 314 g/mol. The van der Waals surface area contributed by atoms with Gasteiger partial charge in [0.1, 0.15) is 6.54 Å². The Labute approximate surface area is 128 Å². The van der Waals surface area contributed by atoms with Gasteiger partial charge in [-0.15, -0.1) is 0 Å². The molecule has 6 nitrogen and oxygen atoms in total. The fraction of sp³-hybridized carbons (Fsp3) is 0.429. The number of aliphatic carboxylic acids is 1. The molecule has 0 bridgehead atoms. The highest BCUT2D eigenvalue weighted by Gasteiger charge is 2.19. The molecule has 21 heavy (non-hydrogen) atoms. The summed E-state index contributed by atoms with van der Waals surface area (Å²) in [5, 5.41) is 12.1. The number of hydrogen-bond donors (Lipinski definition) is 2. The first-order chi connectivity index (χ1) is 9.93. The number of hydrogen-bond acceptors (Lipinski definition) is 3. The summed E-state index contributed by atoms with van der Waals surface area (Å²) in [7, 11) is 0. The Kier molecular flexibility index (Phi) is 6.98. The summed E-state index contributed by atoms with van der Waals surface area (Å²) in [6.07, 6.45) is -0.143. The van der Waals surface area contributed by atoms with Gasteiger partial charge in [-0.25, -0.2) is 4.79 Å². The number of nitrogens with zero attached hydrogens (tertiary/aromatic N) is 1. The molecule has 1 aromatic rings. The SMILES string of the molecule is CCOC(C)CNC(=O)N(CC(=O)O)c1ccc(Cl)cc1. The van der Waals surface area contributed by atoms with Crippen LogP contribution in [0.3, 0.4) is 0 Å². The fourth-order valence-electron chi connectivity index (χ4n) is 1.71. The molecule has 0 saturated carbocycles. The van der Waals surface area contributed by atoms with Gasteiger partial charge in [0.2, 0.25) is 0 Å². The van der Waals surface area contributed by atoms with Crippen LogP contribution >= 0.6 is 11.6 Å². The van der Waals surface area contributed by atoms with E-state index >= 15 is 0 Å². The molecule has 0 saturated heterocycles. The Morgan fingerprint density at radius 1 is 1.38 bits per heavy atom. The molecule has 0 heterocycles. The van der Waals surface area contributed by atoms with Gasteiger partial charge in [0.25, 0.3) is 0 Å². The number of benzene rings is 1. The molecule has 116 valence electrons. The minimum Gasteiger partial charge on any atom is -0.480 e. The van der Waals surface area contributed by atoms with Gasteiger partial charge in [-0.1, -0.05) is 11.6 Å². The summed E-state index contributed by atoms with van der Waals surface area (Å²) < 4.78 is 5.31. The van der Waals surface area contributed by atoms with E-state index in [0.29, 0.717) is 23.9 Å². The van der Waals surface area contributed by atoms with Crippen molar-refractivity contribution in [3.05, 3.63) is 29.3 Å². The van der Waals surface area contributed by atoms with Crippen molar-refractivity contribution in [1.29, 1.82) is 0 Å². The lowest BCUT2D eigenvalue weighted by atomic mass is 10.3. The van der Waals surface area contributed by atoms with Crippen LogP contribution in [0.5, 0.6) is 0 Å². The number of ether oxygens (including phenoxy) is 1. The first-order valence-corrected chi connectivity index (χ1v) is 6.96. The molecule has 7 heteroatoms. The van der Waals surface area contributed by atoms with Crippen LogP contribution < -0.4 is 10.2 Å². The summed E-state index contributed by atoms with van der Waals surface area (Å²) in [4.78, 5) is 24.2. The van der Waals surface area contributed by atoms with E-state index < -0.39 is 18.5 Å². The molecule has 2 amide bonds. The van der Waals surface area contributed by atoms with Crippen molar-refractivity contribution in [3.8, 4) is 0 Å². The first-order valence-electron chi connectivity index (χ1n) is 6.58. The van der Waals surface area contributed by atoms with Crippen LogP contribution in [0.1, 0.15) is 13.8 Å². The number of carboxylic acids is 1. The van der Waals surface area contributed by atoms with Gasteiger partial charge in [0.05, 0.1) is 6.10 Å². The third-order valence-corrected chi connectivity index (χ3v) is 2.92. The van der Waals surface area contributed by atoms with Crippen LogP contribution in [0.25, 0.3) is 0 Å². The van der Waals surface area contributed by atoms with Crippen molar-refractivity contribution in [1.82, 2.24) is 5.32 Å². The van der Waals surface area contributed by atoms with Gasteiger partial charge in [-0.2, -0.15) is 0 Å². The van der Waals surface area contributed by atoms with Gasteiger partial charge in [-0.05, 0) is 38.1 Å². The fourth-order valence-corrected chi connectivity index (χ4v) is 1.83. The number of carbonyl (C=O) groups excluding carboxylic acids is 1. The lowest BCUT2D eigenvalue weighted by molar-refractivity contribution is -0.135. The molecular weight excluding hydrogens is 296 g/mol. The highest BCUT2D eigenvalue weighted by Crippen LogP contribution is 2.18. The van der Waals surface area contributed by atoms with Gasteiger partial charge in [-0.3, -0.25) is 9.69 Å². The van der Waals surface area contributed by atoms with E-state index in [1.807, 2.05) is 13.8 Å². The second-order valence-corrected chi connectivity index (χ2v) is 4.84. The minimum atomic E-state index is -1.10. The van der Waals surface area contributed by atoms with E-state index in [9.17, 15) is 9.59 Å². The maximum Gasteiger partial charge on any atom is 0.323 e. The van der Waals surface area contributed by atoms with E-state index in [0.717, 1.165) is 4.90 Å². The molecule has 0 aromatic heterocycles. The molecule has 0 aliphatic rings. The van der Waals surface area contributed by atoms with E-state index in [-0.39, 0.29) is 6.10 Å². The number of amides is 2. The Morgan fingerprint density at radius 3 is 2.52 bits per heavy atom. The zero-order valence-corrected chi connectivity index (χ0v) is 12.8. The molecule has 0 spiro atoms. The van der Waals surface area contributed by atoms with Crippen LogP contribution in [-0.2, 0) is 9.53 Å². The Balaban J connectivity index is 2.75. The lowest BCUT2D eigenvalue weighted by Crippen LogP contribution is -2.45. The second kappa shape index (κ2) is 8.49. The predicted molar refractivity (Wildman–Crippen MR) is 80.9 cm³/mol. The predicted octanol–water partition coefficient (Wildman–Crippen LogP) is 2.37. The molecule has 2 N–H and O–H groups in total. The molecule has 0 fully saturated rings. The molecular formula is C14H19ClN2O4. The second-order valence-electron chi connectivity index (χ2n) is 4.41. The average Bonchev–Trinajstić information content (AvgIpc) is 2.43. The molecule has 0 aliphatic carbocycles. The summed E-state index contributed by atoms with van der Waals surface area (Å²) in [6.45, 7) is 4.11. The Bertz CT molecular complexity index is 478. The molecule has 0 radical (unpaired) electrons. The van der Waals surface area contributed by atoms with Crippen LogP contribution in [0.15, 0.2) is 24.3 Å². The standard InChI is InChI=1S/C14H19ClN2O4/c1-3-21-10(2)8-16-14(20)17(9-13(18)19)12-6-4-11(15)5-7-12/h4-7,10H,3,8-9H2,1-2H3,(H,16,20)(H,18,19). The van der Waals surface area contributed by atoms with Crippen molar-refractivity contribution >= 4 is 29.3 Å². The lowest BCUT2D eigenvalue weighted by Gasteiger charge is -2.22. The van der Waals surface area contributed by atoms with E-state index in [1.54, 1.807) is 24.3 Å². The number of halogens is 1. The van der Waals surface area contributed by atoms with Gasteiger partial charge in [0, 0.05) is 23.9 Å². The molecule has 1 atom stereocenters. The number of urea groups is 1. The van der Waals surface area contributed by atoms with E-state index in [1.165, 1.54) is 0 Å². The molecule has 1 aromatic carbocycles. The third kappa shape index (κ3) is 6.01. The quantitative estimate of drug-likeness (QED) is 0.810. The number of carboxylic acid groups (broad SMARTS) is 1. The van der Waals surface area contributed by atoms with Crippen molar-refractivity contribution < 1.29 is 19.4 Å². The zero-order chi connectivity index (χ0) is 15.8. The highest BCUT2D eigenvalue weighted by molar-refractivity contribution is 6.30. The zero-order valence-electron chi connectivity index (χ0n) is 12.0. The smallest absolute Gasteiger partial charge is 0.323 e. The molecule has 1 rings (SSSR count). The van der Waals surface area contributed by atoms with Gasteiger partial charge in [0.15, 0.2) is 0 Å². The normalized spacial score (nSPS) is 11.8. The maximum atomic E-state index is 12.1.